The maximum absolute atomic E-state index is 4.60. The maximum Gasteiger partial charge on any atom is 0.205 e. The lowest BCUT2D eigenvalue weighted by atomic mass is 10.1. The van der Waals surface area contributed by atoms with Gasteiger partial charge < -0.3 is 5.32 Å². The molecule has 6 heteroatoms. The van der Waals surface area contributed by atoms with Crippen LogP contribution in [-0.4, -0.2) is 22.2 Å². The van der Waals surface area contributed by atoms with E-state index in [4.69, 9.17) is 0 Å². The molecule has 2 aromatic heterocycles. The highest BCUT2D eigenvalue weighted by Gasteiger charge is 2.14. The Hall–Kier alpha value is -1.01. The highest BCUT2D eigenvalue weighted by atomic mass is 32.1. The molecular formula is C11H16N4S2. The summed E-state index contributed by atoms with van der Waals surface area (Å²) < 4.78 is 0. The summed E-state index contributed by atoms with van der Waals surface area (Å²) in [5, 5.41) is 14.2. The Morgan fingerprint density at radius 1 is 1.24 bits per heavy atom. The van der Waals surface area contributed by atoms with Crippen LogP contribution in [0.25, 0.3) is 9.88 Å². The molecule has 0 fully saturated rings. The molecule has 0 bridgehead atoms. The molecular weight excluding hydrogens is 252 g/mol. The van der Waals surface area contributed by atoms with Gasteiger partial charge >= 0.3 is 0 Å². The van der Waals surface area contributed by atoms with Crippen LogP contribution in [0.3, 0.4) is 0 Å². The predicted molar refractivity (Wildman–Crippen MR) is 73.8 cm³/mol. The lowest BCUT2D eigenvalue weighted by molar-refractivity contribution is 0.643. The van der Waals surface area contributed by atoms with Gasteiger partial charge in [-0.25, -0.2) is 4.98 Å². The molecule has 2 rings (SSSR count). The van der Waals surface area contributed by atoms with Crippen LogP contribution in [0.15, 0.2) is 0 Å². The number of anilines is 1. The second-order valence-electron chi connectivity index (χ2n) is 4.28. The first kappa shape index (κ1) is 12.4. The molecule has 0 aliphatic rings. The van der Waals surface area contributed by atoms with Gasteiger partial charge in [0.05, 0.1) is 15.6 Å². The van der Waals surface area contributed by atoms with Gasteiger partial charge in [0, 0.05) is 13.5 Å². The topological polar surface area (TPSA) is 50.7 Å². The van der Waals surface area contributed by atoms with Crippen molar-refractivity contribution in [2.75, 3.05) is 12.4 Å². The Morgan fingerprint density at radius 3 is 2.59 bits per heavy atom. The highest BCUT2D eigenvalue weighted by Crippen LogP contribution is 2.34. The van der Waals surface area contributed by atoms with Crippen LogP contribution in [0.1, 0.15) is 24.5 Å². The van der Waals surface area contributed by atoms with E-state index in [9.17, 15) is 0 Å². The minimum atomic E-state index is 0.635. The summed E-state index contributed by atoms with van der Waals surface area (Å²) in [7, 11) is 1.86. The van der Waals surface area contributed by atoms with Crippen LogP contribution >= 0.6 is 22.7 Å². The molecule has 2 aromatic rings. The summed E-state index contributed by atoms with van der Waals surface area (Å²) in [5.41, 5.74) is 1.06. The fourth-order valence-corrected chi connectivity index (χ4v) is 3.60. The second-order valence-corrected chi connectivity index (χ2v) is 6.34. The molecule has 0 saturated heterocycles. The van der Waals surface area contributed by atoms with E-state index in [-0.39, 0.29) is 0 Å². The third kappa shape index (κ3) is 2.81. The Bertz CT molecular complexity index is 501. The Balaban J connectivity index is 2.29. The van der Waals surface area contributed by atoms with E-state index in [2.05, 4.69) is 34.3 Å². The largest absolute Gasteiger partial charge is 0.363 e. The van der Waals surface area contributed by atoms with E-state index in [0.717, 1.165) is 27.1 Å². The molecule has 0 unspecified atom stereocenters. The molecule has 0 aliphatic carbocycles. The van der Waals surface area contributed by atoms with Crippen molar-refractivity contribution < 1.29 is 0 Å². The summed E-state index contributed by atoms with van der Waals surface area (Å²) in [5.74, 6) is 0.635. The average Bonchev–Trinajstić information content (AvgIpc) is 2.83. The van der Waals surface area contributed by atoms with Crippen LogP contribution in [0, 0.1) is 12.8 Å². The minimum Gasteiger partial charge on any atom is -0.363 e. The Morgan fingerprint density at radius 2 is 2.00 bits per heavy atom. The first-order valence-electron chi connectivity index (χ1n) is 5.58. The number of nitrogens with one attached hydrogen (secondary N) is 1. The standard InChI is InChI=1S/C11H16N4S2/c1-6(2)5-8-13-7(3)9(16-8)10-14-15-11(12-4)17-10/h6H,5H2,1-4H3,(H,12,15). The fourth-order valence-electron chi connectivity index (χ4n) is 1.50. The number of nitrogens with zero attached hydrogens (tertiary/aromatic N) is 3. The Labute approximate surface area is 109 Å². The van der Waals surface area contributed by atoms with Crippen molar-refractivity contribution in [3.05, 3.63) is 10.7 Å². The van der Waals surface area contributed by atoms with Crippen molar-refractivity contribution in [3.8, 4) is 9.88 Å². The average molecular weight is 268 g/mol. The fraction of sp³-hybridized carbons (Fsp3) is 0.545. The second kappa shape index (κ2) is 5.10. The zero-order chi connectivity index (χ0) is 12.4. The van der Waals surface area contributed by atoms with Crippen molar-refractivity contribution in [3.63, 3.8) is 0 Å². The van der Waals surface area contributed by atoms with Crippen molar-refractivity contribution in [2.45, 2.75) is 27.2 Å². The predicted octanol–water partition coefficient (Wildman–Crippen LogP) is 3.21. The molecule has 0 atom stereocenters. The lowest BCUT2D eigenvalue weighted by Crippen LogP contribution is -1.92. The molecule has 17 heavy (non-hydrogen) atoms. The van der Waals surface area contributed by atoms with Crippen molar-refractivity contribution in [1.82, 2.24) is 15.2 Å². The SMILES string of the molecule is CNc1nnc(-c2sc(CC(C)C)nc2C)s1. The lowest BCUT2D eigenvalue weighted by Gasteiger charge is -1.97. The first-order valence-corrected chi connectivity index (χ1v) is 7.21. The van der Waals surface area contributed by atoms with Gasteiger partial charge in [-0.05, 0) is 12.8 Å². The number of thiazole rings is 1. The van der Waals surface area contributed by atoms with E-state index >= 15 is 0 Å². The maximum atomic E-state index is 4.60. The van der Waals surface area contributed by atoms with E-state index in [1.165, 1.54) is 5.01 Å². The van der Waals surface area contributed by atoms with Crippen LogP contribution in [0.2, 0.25) is 0 Å². The summed E-state index contributed by atoms with van der Waals surface area (Å²) in [6, 6.07) is 0. The monoisotopic (exact) mass is 268 g/mol. The van der Waals surface area contributed by atoms with Gasteiger partial charge in [0.15, 0.2) is 5.01 Å². The van der Waals surface area contributed by atoms with E-state index in [1.807, 2.05) is 14.0 Å². The molecule has 0 aliphatic heterocycles. The summed E-state index contributed by atoms with van der Waals surface area (Å²) >= 11 is 3.30. The molecule has 0 saturated carbocycles. The first-order chi connectivity index (χ1) is 8.10. The van der Waals surface area contributed by atoms with Gasteiger partial charge in [0.2, 0.25) is 5.13 Å². The number of aryl methyl sites for hydroxylation is 1. The normalized spacial score (nSPS) is 11.1. The van der Waals surface area contributed by atoms with E-state index < -0.39 is 0 Å². The molecule has 2 heterocycles. The number of hydrogen-bond acceptors (Lipinski definition) is 6. The quantitative estimate of drug-likeness (QED) is 0.925. The molecule has 92 valence electrons. The van der Waals surface area contributed by atoms with Crippen LogP contribution in [0.5, 0.6) is 0 Å². The smallest absolute Gasteiger partial charge is 0.205 e. The van der Waals surface area contributed by atoms with E-state index in [1.54, 1.807) is 22.7 Å². The molecule has 0 amide bonds. The van der Waals surface area contributed by atoms with Crippen LogP contribution in [0.4, 0.5) is 5.13 Å². The van der Waals surface area contributed by atoms with Gasteiger partial charge in [0.1, 0.15) is 0 Å². The van der Waals surface area contributed by atoms with E-state index in [0.29, 0.717) is 5.92 Å². The summed E-state index contributed by atoms with van der Waals surface area (Å²) in [6.45, 7) is 6.46. The number of rotatable bonds is 4. The molecule has 0 radical (unpaired) electrons. The van der Waals surface area contributed by atoms with Crippen molar-refractivity contribution in [1.29, 1.82) is 0 Å². The van der Waals surface area contributed by atoms with Crippen LogP contribution in [-0.2, 0) is 6.42 Å². The zero-order valence-electron chi connectivity index (χ0n) is 10.4. The third-order valence-corrected chi connectivity index (χ3v) is 4.53. The van der Waals surface area contributed by atoms with Gasteiger partial charge in [0.25, 0.3) is 0 Å². The van der Waals surface area contributed by atoms with Crippen molar-refractivity contribution in [2.24, 2.45) is 5.92 Å². The van der Waals surface area contributed by atoms with Gasteiger partial charge in [-0.1, -0.05) is 25.2 Å². The molecule has 0 spiro atoms. The number of aromatic nitrogens is 3. The Kier molecular flexibility index (Phi) is 3.73. The van der Waals surface area contributed by atoms with Gasteiger partial charge in [-0.15, -0.1) is 21.5 Å². The zero-order valence-corrected chi connectivity index (χ0v) is 12.1. The summed E-state index contributed by atoms with van der Waals surface area (Å²) in [4.78, 5) is 5.75. The van der Waals surface area contributed by atoms with Crippen molar-refractivity contribution >= 4 is 27.8 Å². The van der Waals surface area contributed by atoms with Crippen LogP contribution < -0.4 is 5.32 Å². The molecule has 4 nitrogen and oxygen atoms in total. The third-order valence-electron chi connectivity index (χ3n) is 2.26. The molecule has 0 aromatic carbocycles. The molecule has 1 N–H and O–H groups in total. The number of hydrogen-bond donors (Lipinski definition) is 1. The summed E-state index contributed by atoms with van der Waals surface area (Å²) in [6.07, 6.45) is 1.03. The van der Waals surface area contributed by atoms with Gasteiger partial charge in [-0.3, -0.25) is 0 Å². The highest BCUT2D eigenvalue weighted by molar-refractivity contribution is 7.23. The van der Waals surface area contributed by atoms with Gasteiger partial charge in [-0.2, -0.15) is 0 Å². The minimum absolute atomic E-state index is 0.635.